The Labute approximate surface area is 204 Å². The molecule has 8 heteroatoms. The minimum absolute atomic E-state index is 0.104. The van der Waals surface area contributed by atoms with Crippen LogP contribution in [-0.2, 0) is 6.54 Å². The van der Waals surface area contributed by atoms with E-state index in [1.54, 1.807) is 6.07 Å². The van der Waals surface area contributed by atoms with Crippen LogP contribution >= 0.6 is 0 Å². The molecule has 0 amide bonds. The van der Waals surface area contributed by atoms with Gasteiger partial charge in [-0.2, -0.15) is 4.39 Å². The number of hydrogen-bond donors (Lipinski definition) is 0. The summed E-state index contributed by atoms with van der Waals surface area (Å²) in [5, 5.41) is 4.61. The highest BCUT2D eigenvalue weighted by molar-refractivity contribution is 5.89. The molecule has 3 aliphatic heterocycles. The second-order valence-electron chi connectivity index (χ2n) is 10.2. The number of aromatic nitrogens is 1. The molecule has 186 valence electrons. The van der Waals surface area contributed by atoms with Crippen LogP contribution in [0.5, 0.6) is 5.75 Å². The van der Waals surface area contributed by atoms with Crippen molar-refractivity contribution in [3.05, 3.63) is 53.6 Å². The van der Waals surface area contributed by atoms with E-state index >= 15 is 0 Å². The summed E-state index contributed by atoms with van der Waals surface area (Å²) >= 11 is 0. The van der Waals surface area contributed by atoms with Gasteiger partial charge in [-0.15, -0.1) is 0 Å². The fourth-order valence-corrected chi connectivity index (χ4v) is 5.90. The molecular formula is C27H32F2N4O2. The lowest BCUT2D eigenvalue weighted by Gasteiger charge is -2.46. The Bertz CT molecular complexity index is 1180. The molecule has 4 heterocycles. The molecule has 3 fully saturated rings. The van der Waals surface area contributed by atoms with Crippen molar-refractivity contribution in [1.29, 1.82) is 0 Å². The van der Waals surface area contributed by atoms with Crippen molar-refractivity contribution in [1.82, 2.24) is 15.0 Å². The number of anilines is 1. The van der Waals surface area contributed by atoms with E-state index in [-0.39, 0.29) is 5.58 Å². The highest BCUT2D eigenvalue weighted by Gasteiger charge is 2.34. The fraction of sp³-hybridized carbons (Fsp3) is 0.519. The molecule has 35 heavy (non-hydrogen) atoms. The molecule has 6 rings (SSSR count). The SMILES string of the molecule is Fc1ccc2c(N3CCN4C[C@H](COc5cccc(CN6CCCC6)c5)CC[C@H]4C3)noc2c1F. The topological polar surface area (TPSA) is 45.0 Å². The van der Waals surface area contributed by atoms with Crippen LogP contribution in [0.2, 0.25) is 0 Å². The van der Waals surface area contributed by atoms with Gasteiger partial charge in [-0.3, -0.25) is 9.80 Å². The van der Waals surface area contributed by atoms with Crippen molar-refractivity contribution >= 4 is 16.8 Å². The Kier molecular flexibility index (Phi) is 6.33. The van der Waals surface area contributed by atoms with Crippen molar-refractivity contribution in [2.75, 3.05) is 50.8 Å². The number of piperidine rings is 1. The third-order valence-electron chi connectivity index (χ3n) is 7.81. The van der Waals surface area contributed by atoms with Gasteiger partial charge in [-0.25, -0.2) is 4.39 Å². The van der Waals surface area contributed by atoms with E-state index in [1.165, 1.54) is 31.5 Å². The maximum atomic E-state index is 14.0. The van der Waals surface area contributed by atoms with Gasteiger partial charge in [0.05, 0.1) is 12.0 Å². The predicted molar refractivity (Wildman–Crippen MR) is 131 cm³/mol. The van der Waals surface area contributed by atoms with E-state index in [2.05, 4.69) is 44.1 Å². The number of nitrogens with zero attached hydrogens (tertiary/aromatic N) is 4. The maximum Gasteiger partial charge on any atom is 0.207 e. The summed E-state index contributed by atoms with van der Waals surface area (Å²) in [6.45, 7) is 7.66. The van der Waals surface area contributed by atoms with Gasteiger partial charge in [-0.1, -0.05) is 17.3 Å². The number of likely N-dealkylation sites (tertiary alicyclic amines) is 1. The van der Waals surface area contributed by atoms with E-state index in [0.717, 1.165) is 64.0 Å². The summed E-state index contributed by atoms with van der Waals surface area (Å²) in [5.41, 5.74) is 1.22. The number of benzene rings is 2. The molecule has 1 aromatic heterocycles. The number of halogens is 2. The number of ether oxygens (including phenoxy) is 1. The van der Waals surface area contributed by atoms with Crippen LogP contribution in [0.3, 0.4) is 0 Å². The first-order valence-electron chi connectivity index (χ1n) is 12.8. The lowest BCUT2D eigenvalue weighted by molar-refractivity contribution is 0.0726. The standard InChI is InChI=1S/C27H32F2N4O2/c28-24-9-8-23-26(25(24)29)35-30-27(23)33-13-12-32-16-20(6-7-21(32)17-33)18-34-22-5-3-4-19(14-22)15-31-10-1-2-11-31/h3-5,8-9,14,20-21H,1-2,6-7,10-13,15-18H2/t20-,21+/m1/s1. The maximum absolute atomic E-state index is 14.0. The number of piperazine rings is 1. The van der Waals surface area contributed by atoms with Gasteiger partial charge in [0.25, 0.3) is 0 Å². The molecule has 0 saturated carbocycles. The molecule has 6 nitrogen and oxygen atoms in total. The zero-order valence-corrected chi connectivity index (χ0v) is 20.0. The molecule has 3 saturated heterocycles. The number of rotatable bonds is 6. The molecule has 0 bridgehead atoms. The Morgan fingerprint density at radius 2 is 1.89 bits per heavy atom. The quantitative estimate of drug-likeness (QED) is 0.508. The summed E-state index contributed by atoms with van der Waals surface area (Å²) in [5.74, 6) is 0.198. The molecule has 0 radical (unpaired) electrons. The zero-order chi connectivity index (χ0) is 23.8. The van der Waals surface area contributed by atoms with Crippen LogP contribution < -0.4 is 9.64 Å². The highest BCUT2D eigenvalue weighted by atomic mass is 19.2. The molecule has 0 N–H and O–H groups in total. The summed E-state index contributed by atoms with van der Waals surface area (Å²) in [7, 11) is 0. The van der Waals surface area contributed by atoms with E-state index in [1.807, 2.05) is 0 Å². The van der Waals surface area contributed by atoms with Crippen LogP contribution in [-0.4, -0.2) is 66.9 Å². The van der Waals surface area contributed by atoms with Crippen molar-refractivity contribution in [3.8, 4) is 5.75 Å². The summed E-state index contributed by atoms with van der Waals surface area (Å²) in [4.78, 5) is 7.20. The average Bonchev–Trinajstić information content (AvgIpc) is 3.55. The first-order valence-corrected chi connectivity index (χ1v) is 12.8. The molecule has 3 aliphatic rings. The average molecular weight is 483 g/mol. The normalized spacial score (nSPS) is 23.7. The third-order valence-corrected chi connectivity index (χ3v) is 7.81. The van der Waals surface area contributed by atoms with Crippen molar-refractivity contribution in [2.45, 2.75) is 38.3 Å². The Balaban J connectivity index is 1.03. The first kappa shape index (κ1) is 22.7. The Morgan fingerprint density at radius 1 is 1.00 bits per heavy atom. The van der Waals surface area contributed by atoms with E-state index in [0.29, 0.717) is 23.2 Å². The third kappa shape index (κ3) is 4.74. The Morgan fingerprint density at radius 3 is 2.77 bits per heavy atom. The fourth-order valence-electron chi connectivity index (χ4n) is 5.90. The van der Waals surface area contributed by atoms with Crippen LogP contribution in [0.1, 0.15) is 31.2 Å². The molecule has 2 atom stereocenters. The van der Waals surface area contributed by atoms with Crippen LogP contribution in [0.25, 0.3) is 11.0 Å². The molecule has 3 aromatic rings. The minimum Gasteiger partial charge on any atom is -0.493 e. The molecule has 2 aromatic carbocycles. The first-order chi connectivity index (χ1) is 17.1. The van der Waals surface area contributed by atoms with E-state index in [9.17, 15) is 8.78 Å². The summed E-state index contributed by atoms with van der Waals surface area (Å²) in [6, 6.07) is 11.7. The number of hydrogen-bond acceptors (Lipinski definition) is 6. The summed E-state index contributed by atoms with van der Waals surface area (Å²) in [6.07, 6.45) is 4.81. The van der Waals surface area contributed by atoms with E-state index < -0.39 is 11.6 Å². The van der Waals surface area contributed by atoms with Crippen molar-refractivity contribution in [3.63, 3.8) is 0 Å². The monoisotopic (exact) mass is 482 g/mol. The van der Waals surface area contributed by atoms with Gasteiger partial charge >= 0.3 is 0 Å². The minimum atomic E-state index is -0.970. The van der Waals surface area contributed by atoms with Crippen molar-refractivity contribution < 1.29 is 18.0 Å². The molecular weight excluding hydrogens is 450 g/mol. The zero-order valence-electron chi connectivity index (χ0n) is 20.0. The van der Waals surface area contributed by atoms with Gasteiger partial charge in [0.2, 0.25) is 11.4 Å². The number of fused-ring (bicyclic) bond motifs is 2. The second kappa shape index (κ2) is 9.74. The molecule has 0 unspecified atom stereocenters. The highest BCUT2D eigenvalue weighted by Crippen LogP contribution is 2.33. The van der Waals surface area contributed by atoms with Crippen LogP contribution in [0.4, 0.5) is 14.6 Å². The van der Waals surface area contributed by atoms with Crippen molar-refractivity contribution in [2.24, 2.45) is 5.92 Å². The summed E-state index contributed by atoms with van der Waals surface area (Å²) < 4.78 is 39.0. The van der Waals surface area contributed by atoms with E-state index in [4.69, 9.17) is 9.26 Å². The van der Waals surface area contributed by atoms with Crippen LogP contribution in [0.15, 0.2) is 40.9 Å². The largest absolute Gasteiger partial charge is 0.493 e. The van der Waals surface area contributed by atoms with Gasteiger partial charge in [0.15, 0.2) is 11.6 Å². The van der Waals surface area contributed by atoms with Crippen LogP contribution in [0, 0.1) is 17.6 Å². The lowest BCUT2D eigenvalue weighted by atomic mass is 9.91. The van der Waals surface area contributed by atoms with Gasteiger partial charge in [-0.05, 0) is 68.6 Å². The van der Waals surface area contributed by atoms with Gasteiger partial charge in [0.1, 0.15) is 5.75 Å². The van der Waals surface area contributed by atoms with Gasteiger partial charge < -0.3 is 14.2 Å². The molecule has 0 aliphatic carbocycles. The predicted octanol–water partition coefficient (Wildman–Crippen LogP) is 4.68. The molecule has 0 spiro atoms. The Hall–Kier alpha value is -2.71. The second-order valence-corrected chi connectivity index (χ2v) is 10.2. The smallest absolute Gasteiger partial charge is 0.207 e. The van der Waals surface area contributed by atoms with Gasteiger partial charge in [0, 0.05) is 44.7 Å². The lowest BCUT2D eigenvalue weighted by Crippen LogP contribution is -2.57.